The van der Waals surface area contributed by atoms with Crippen LogP contribution < -0.4 is 10.6 Å². The maximum atomic E-state index is 13.9. The predicted octanol–water partition coefficient (Wildman–Crippen LogP) is 5.74. The van der Waals surface area contributed by atoms with Gasteiger partial charge in [-0.3, -0.25) is 14.9 Å². The lowest BCUT2D eigenvalue weighted by atomic mass is 10.0. The van der Waals surface area contributed by atoms with Gasteiger partial charge in [-0.05, 0) is 34.7 Å². The van der Waals surface area contributed by atoms with Crippen molar-refractivity contribution in [1.29, 1.82) is 0 Å². The highest BCUT2D eigenvalue weighted by Crippen LogP contribution is 2.22. The van der Waals surface area contributed by atoms with Crippen LogP contribution in [0.5, 0.6) is 0 Å². The Labute approximate surface area is 296 Å². The highest BCUT2D eigenvalue weighted by molar-refractivity contribution is 5.88. The SMILES string of the molecule is Cn1cc(C[C@H](N[C@@H](Cc2ccccc2)C(=O)NCCc2ocnc2C(=O)OCc2ccccc2)C(=O)OCc2ccccc2)c2ccccc21. The number of amides is 1. The van der Waals surface area contributed by atoms with Crippen LogP contribution >= 0.6 is 0 Å². The van der Waals surface area contributed by atoms with E-state index in [0.717, 1.165) is 33.2 Å². The van der Waals surface area contributed by atoms with E-state index >= 15 is 0 Å². The quantitative estimate of drug-likeness (QED) is 0.124. The second-order valence-electron chi connectivity index (χ2n) is 12.3. The molecule has 0 fully saturated rings. The van der Waals surface area contributed by atoms with Crippen molar-refractivity contribution in [3.63, 3.8) is 0 Å². The Balaban J connectivity index is 1.17. The Hall–Kier alpha value is -6.00. The van der Waals surface area contributed by atoms with Crippen molar-refractivity contribution in [3.05, 3.63) is 162 Å². The number of aryl methyl sites for hydroxylation is 1. The lowest BCUT2D eigenvalue weighted by molar-refractivity contribution is -0.147. The summed E-state index contributed by atoms with van der Waals surface area (Å²) in [5, 5.41) is 7.35. The van der Waals surface area contributed by atoms with Crippen molar-refractivity contribution in [2.75, 3.05) is 6.54 Å². The van der Waals surface area contributed by atoms with Gasteiger partial charge in [0.1, 0.15) is 25.0 Å². The van der Waals surface area contributed by atoms with Crippen LogP contribution in [-0.4, -0.2) is 46.0 Å². The topological polar surface area (TPSA) is 125 Å². The molecule has 0 saturated heterocycles. The van der Waals surface area contributed by atoms with E-state index in [0.29, 0.717) is 18.6 Å². The van der Waals surface area contributed by atoms with E-state index in [2.05, 4.69) is 15.6 Å². The smallest absolute Gasteiger partial charge is 0.360 e. The Bertz CT molecular complexity index is 2040. The molecule has 0 aliphatic rings. The minimum atomic E-state index is -0.834. The standard InChI is InChI=1S/C41H40N4O6/c1-45-25-32(33-19-11-12-20-36(33)45)24-35(40(47)49-26-30-15-7-3-8-16-30)44-34(23-29-13-5-2-6-14-29)39(46)42-22-21-37-38(43-28-51-37)41(48)50-27-31-17-9-4-10-18-31/h2-20,25,28,34-35,44H,21-24,26-27H2,1H3,(H,42,46)/t34-,35-/m0/s1. The molecule has 6 rings (SSSR count). The van der Waals surface area contributed by atoms with Gasteiger partial charge >= 0.3 is 11.9 Å². The summed E-state index contributed by atoms with van der Waals surface area (Å²) in [6.45, 7) is 0.367. The maximum Gasteiger partial charge on any atom is 0.360 e. The van der Waals surface area contributed by atoms with Gasteiger partial charge in [-0.1, -0.05) is 109 Å². The van der Waals surface area contributed by atoms with Gasteiger partial charge < -0.3 is 23.8 Å². The fourth-order valence-corrected chi connectivity index (χ4v) is 6.00. The van der Waals surface area contributed by atoms with Crippen LogP contribution in [0.1, 0.15) is 38.5 Å². The number of carbonyl (C=O) groups excluding carboxylic acids is 3. The number of oxazole rings is 1. The predicted molar refractivity (Wildman–Crippen MR) is 192 cm³/mol. The molecule has 0 radical (unpaired) electrons. The van der Waals surface area contributed by atoms with Gasteiger partial charge in [-0.2, -0.15) is 0 Å². The number of hydrogen-bond acceptors (Lipinski definition) is 8. The highest BCUT2D eigenvalue weighted by Gasteiger charge is 2.29. The Morgan fingerprint density at radius 2 is 1.35 bits per heavy atom. The van der Waals surface area contributed by atoms with Crippen LogP contribution in [0.2, 0.25) is 0 Å². The first-order valence-electron chi connectivity index (χ1n) is 16.9. The number of carbonyl (C=O) groups is 3. The Morgan fingerprint density at radius 3 is 2.04 bits per heavy atom. The number of nitrogens with one attached hydrogen (secondary N) is 2. The minimum absolute atomic E-state index is 0.0652. The first kappa shape index (κ1) is 34.8. The zero-order chi connectivity index (χ0) is 35.4. The van der Waals surface area contributed by atoms with Crippen molar-refractivity contribution in [1.82, 2.24) is 20.2 Å². The second-order valence-corrected chi connectivity index (χ2v) is 12.3. The van der Waals surface area contributed by atoms with Crippen molar-refractivity contribution in [2.24, 2.45) is 7.05 Å². The number of para-hydroxylation sites is 1. The third kappa shape index (κ3) is 9.37. The minimum Gasteiger partial charge on any atom is -0.460 e. The average Bonchev–Trinajstić information content (AvgIpc) is 3.77. The van der Waals surface area contributed by atoms with Gasteiger partial charge in [0.15, 0.2) is 12.1 Å². The molecule has 0 aliphatic heterocycles. The van der Waals surface area contributed by atoms with Crippen LogP contribution in [0.25, 0.3) is 10.9 Å². The molecule has 0 bridgehead atoms. The van der Waals surface area contributed by atoms with E-state index in [-0.39, 0.29) is 37.8 Å². The van der Waals surface area contributed by atoms with E-state index in [9.17, 15) is 14.4 Å². The van der Waals surface area contributed by atoms with E-state index in [1.54, 1.807) is 0 Å². The fraction of sp³-hybridized carbons (Fsp3) is 0.220. The summed E-state index contributed by atoms with van der Waals surface area (Å²) in [5.74, 6) is -1.08. The van der Waals surface area contributed by atoms with Crippen LogP contribution in [-0.2, 0) is 58.6 Å². The summed E-state index contributed by atoms with van der Waals surface area (Å²) < 4.78 is 18.8. The van der Waals surface area contributed by atoms with Gasteiger partial charge in [0.05, 0.1) is 6.04 Å². The van der Waals surface area contributed by atoms with E-state index in [1.807, 2.05) is 133 Å². The third-order valence-electron chi connectivity index (χ3n) is 8.61. The van der Waals surface area contributed by atoms with Crippen LogP contribution in [0.3, 0.4) is 0 Å². The number of esters is 2. The molecule has 2 atom stereocenters. The van der Waals surface area contributed by atoms with Gasteiger partial charge in [-0.25, -0.2) is 9.78 Å². The number of benzene rings is 4. The summed E-state index contributed by atoms with van der Waals surface area (Å²) in [7, 11) is 1.97. The molecule has 10 heteroatoms. The Morgan fingerprint density at radius 1 is 0.745 bits per heavy atom. The lowest BCUT2D eigenvalue weighted by Gasteiger charge is -2.24. The molecule has 2 aromatic heterocycles. The first-order chi connectivity index (χ1) is 24.9. The number of aromatic nitrogens is 2. The third-order valence-corrected chi connectivity index (χ3v) is 8.61. The summed E-state index contributed by atoms with van der Waals surface area (Å²) in [5.41, 5.74) is 4.70. The molecule has 260 valence electrons. The number of hydrogen-bond donors (Lipinski definition) is 2. The van der Waals surface area contributed by atoms with E-state index in [1.165, 1.54) is 6.39 Å². The Kier molecular flexibility index (Phi) is 11.7. The molecule has 2 heterocycles. The summed E-state index contributed by atoms with van der Waals surface area (Å²) in [6.07, 6.45) is 4.03. The lowest BCUT2D eigenvalue weighted by Crippen LogP contribution is -2.53. The van der Waals surface area contributed by atoms with Crippen molar-refractivity contribution in [3.8, 4) is 0 Å². The van der Waals surface area contributed by atoms with Crippen LogP contribution in [0.4, 0.5) is 0 Å². The normalized spacial score (nSPS) is 12.3. The molecule has 0 saturated carbocycles. The molecule has 0 aliphatic carbocycles. The van der Waals surface area contributed by atoms with Gasteiger partial charge in [0.25, 0.3) is 0 Å². The molecule has 4 aromatic carbocycles. The average molecular weight is 685 g/mol. The van der Waals surface area contributed by atoms with Gasteiger partial charge in [0.2, 0.25) is 5.91 Å². The molecule has 6 aromatic rings. The molecule has 0 unspecified atom stereocenters. The molecular formula is C41H40N4O6. The zero-order valence-corrected chi connectivity index (χ0v) is 28.4. The fourth-order valence-electron chi connectivity index (χ4n) is 6.00. The summed E-state index contributed by atoms with van der Waals surface area (Å²) in [4.78, 5) is 44.5. The van der Waals surface area contributed by atoms with E-state index in [4.69, 9.17) is 13.9 Å². The number of fused-ring (bicyclic) bond motifs is 1. The molecule has 2 N–H and O–H groups in total. The summed E-state index contributed by atoms with van der Waals surface area (Å²) in [6, 6.07) is 34.8. The maximum absolute atomic E-state index is 13.9. The van der Waals surface area contributed by atoms with Crippen LogP contribution in [0.15, 0.2) is 132 Å². The van der Waals surface area contributed by atoms with Crippen molar-refractivity contribution >= 4 is 28.7 Å². The summed E-state index contributed by atoms with van der Waals surface area (Å²) >= 11 is 0. The van der Waals surface area contributed by atoms with E-state index < -0.39 is 24.0 Å². The van der Waals surface area contributed by atoms with Crippen LogP contribution in [0, 0.1) is 0 Å². The highest BCUT2D eigenvalue weighted by atomic mass is 16.5. The number of rotatable bonds is 16. The monoisotopic (exact) mass is 684 g/mol. The molecular weight excluding hydrogens is 644 g/mol. The number of ether oxygens (including phenoxy) is 2. The molecule has 10 nitrogen and oxygen atoms in total. The molecule has 51 heavy (non-hydrogen) atoms. The second kappa shape index (κ2) is 17.1. The molecule has 1 amide bonds. The van der Waals surface area contributed by atoms with Crippen molar-refractivity contribution in [2.45, 2.75) is 44.6 Å². The zero-order valence-electron chi connectivity index (χ0n) is 28.4. The number of nitrogens with zero attached hydrogens (tertiary/aromatic N) is 2. The van der Waals surface area contributed by atoms with Gasteiger partial charge in [0, 0.05) is 43.5 Å². The van der Waals surface area contributed by atoms with Crippen molar-refractivity contribution < 1.29 is 28.3 Å². The molecule has 0 spiro atoms. The largest absolute Gasteiger partial charge is 0.460 e. The van der Waals surface area contributed by atoms with Gasteiger partial charge in [-0.15, -0.1) is 0 Å². The first-order valence-corrected chi connectivity index (χ1v) is 16.9.